The van der Waals surface area contributed by atoms with Crippen molar-refractivity contribution in [2.24, 2.45) is 0 Å². The van der Waals surface area contributed by atoms with E-state index >= 15 is 0 Å². The van der Waals surface area contributed by atoms with Gasteiger partial charge in [0, 0.05) is 5.33 Å². The van der Waals surface area contributed by atoms with Crippen LogP contribution in [0.25, 0.3) is 0 Å². The van der Waals surface area contributed by atoms with Gasteiger partial charge in [-0.25, -0.2) is 18.6 Å². The zero-order chi connectivity index (χ0) is 11.6. The largest absolute Gasteiger partial charge is 0.478 e. The highest BCUT2D eigenvalue weighted by molar-refractivity contribution is 9.08. The Bertz CT molecular complexity index is 400. The number of nitrogens with zero attached hydrogens (tertiary/aromatic N) is 1. The predicted octanol–water partition coefficient (Wildman–Crippen LogP) is 3.27. The minimum atomic E-state index is -2.97. The molecule has 0 atom stereocenters. The number of carboxylic acids is 1. The fraction of sp³-hybridized carbons (Fsp3) is 0.250. The van der Waals surface area contributed by atoms with Crippen LogP contribution in [-0.2, 0) is 5.33 Å². The maximum Gasteiger partial charge on any atom is 0.339 e. The molecular formula is C8H5BrClF2NO2. The van der Waals surface area contributed by atoms with Gasteiger partial charge >= 0.3 is 5.97 Å². The zero-order valence-electron chi connectivity index (χ0n) is 7.18. The zero-order valence-corrected chi connectivity index (χ0v) is 9.52. The summed E-state index contributed by atoms with van der Waals surface area (Å²) < 4.78 is 25.0. The van der Waals surface area contributed by atoms with E-state index in [2.05, 4.69) is 20.9 Å². The van der Waals surface area contributed by atoms with Crippen molar-refractivity contribution >= 4 is 33.5 Å². The second-order valence-electron chi connectivity index (χ2n) is 2.60. The summed E-state index contributed by atoms with van der Waals surface area (Å²) in [5.41, 5.74) is -1.18. The Balaban J connectivity index is 3.42. The Morgan fingerprint density at radius 2 is 2.27 bits per heavy atom. The van der Waals surface area contributed by atoms with Gasteiger partial charge in [-0.15, -0.1) is 0 Å². The van der Waals surface area contributed by atoms with Gasteiger partial charge in [-0.3, -0.25) is 0 Å². The van der Waals surface area contributed by atoms with Crippen LogP contribution >= 0.6 is 27.5 Å². The molecule has 0 saturated heterocycles. The SMILES string of the molecule is O=C(O)c1c(Cl)cc(CBr)nc1C(F)F. The fourth-order valence-electron chi connectivity index (χ4n) is 1.02. The molecule has 3 nitrogen and oxygen atoms in total. The van der Waals surface area contributed by atoms with Gasteiger partial charge in [0.15, 0.2) is 0 Å². The first-order chi connectivity index (χ1) is 6.97. The minimum absolute atomic E-state index is 0.229. The average Bonchev–Trinajstić information content (AvgIpc) is 2.15. The molecule has 0 aliphatic heterocycles. The molecule has 7 heteroatoms. The lowest BCUT2D eigenvalue weighted by Crippen LogP contribution is -2.08. The third kappa shape index (κ3) is 2.63. The van der Waals surface area contributed by atoms with Gasteiger partial charge < -0.3 is 5.11 Å². The molecule has 0 unspecified atom stereocenters. The first kappa shape index (κ1) is 12.3. The molecular weight excluding hydrogens is 295 g/mol. The molecule has 0 fully saturated rings. The van der Waals surface area contributed by atoms with Gasteiger partial charge in [0.1, 0.15) is 11.3 Å². The Labute approximate surface area is 97.2 Å². The van der Waals surface area contributed by atoms with E-state index in [4.69, 9.17) is 16.7 Å². The molecule has 0 saturated carbocycles. The molecule has 0 aromatic carbocycles. The average molecular weight is 300 g/mol. The summed E-state index contributed by atoms with van der Waals surface area (Å²) in [6.07, 6.45) is -2.97. The van der Waals surface area contributed by atoms with Crippen LogP contribution in [0, 0.1) is 0 Å². The van der Waals surface area contributed by atoms with Gasteiger partial charge in [0.05, 0.1) is 10.7 Å². The summed E-state index contributed by atoms with van der Waals surface area (Å²) in [6.45, 7) is 0. The van der Waals surface area contributed by atoms with Gasteiger partial charge in [-0.1, -0.05) is 27.5 Å². The summed E-state index contributed by atoms with van der Waals surface area (Å²) in [4.78, 5) is 14.2. The second-order valence-corrected chi connectivity index (χ2v) is 3.56. The molecule has 1 aromatic heterocycles. The smallest absolute Gasteiger partial charge is 0.339 e. The molecule has 0 bridgehead atoms. The van der Waals surface area contributed by atoms with E-state index in [1.807, 2.05) is 0 Å². The minimum Gasteiger partial charge on any atom is -0.478 e. The van der Waals surface area contributed by atoms with E-state index < -0.39 is 23.7 Å². The number of alkyl halides is 3. The molecule has 1 heterocycles. The molecule has 1 N–H and O–H groups in total. The summed E-state index contributed by atoms with van der Waals surface area (Å²) in [5, 5.41) is 8.68. The second kappa shape index (κ2) is 4.85. The Kier molecular flexibility index (Phi) is 3.98. The highest BCUT2D eigenvalue weighted by Gasteiger charge is 2.23. The fourth-order valence-corrected chi connectivity index (χ4v) is 1.61. The van der Waals surface area contributed by atoms with Gasteiger partial charge in [0.25, 0.3) is 6.43 Å². The van der Waals surface area contributed by atoms with E-state index in [0.717, 1.165) is 0 Å². The monoisotopic (exact) mass is 299 g/mol. The van der Waals surface area contributed by atoms with Crippen LogP contribution in [0.1, 0.15) is 28.2 Å². The van der Waals surface area contributed by atoms with E-state index in [1.165, 1.54) is 6.07 Å². The number of halogens is 4. The summed E-state index contributed by atoms with van der Waals surface area (Å²) in [7, 11) is 0. The molecule has 15 heavy (non-hydrogen) atoms. The van der Waals surface area contributed by atoms with Crippen molar-refractivity contribution in [1.29, 1.82) is 0 Å². The van der Waals surface area contributed by atoms with Crippen LogP contribution in [0.2, 0.25) is 5.02 Å². The highest BCUT2D eigenvalue weighted by Crippen LogP contribution is 2.28. The number of carbonyl (C=O) groups is 1. The Morgan fingerprint density at radius 3 is 2.67 bits per heavy atom. The van der Waals surface area contributed by atoms with Crippen molar-refractivity contribution in [2.45, 2.75) is 11.8 Å². The number of hydrogen-bond donors (Lipinski definition) is 1. The maximum atomic E-state index is 12.5. The summed E-state index contributed by atoms with van der Waals surface area (Å²) >= 11 is 8.60. The number of rotatable bonds is 3. The first-order valence-electron chi connectivity index (χ1n) is 3.74. The van der Waals surface area contributed by atoms with E-state index in [9.17, 15) is 13.6 Å². The van der Waals surface area contributed by atoms with Crippen molar-refractivity contribution in [2.75, 3.05) is 0 Å². The molecule has 82 valence electrons. The predicted molar refractivity (Wildman–Crippen MR) is 53.8 cm³/mol. The van der Waals surface area contributed by atoms with Crippen LogP contribution in [0.15, 0.2) is 6.07 Å². The number of hydrogen-bond acceptors (Lipinski definition) is 2. The van der Waals surface area contributed by atoms with Crippen LogP contribution < -0.4 is 0 Å². The van der Waals surface area contributed by atoms with Crippen molar-refractivity contribution < 1.29 is 18.7 Å². The lowest BCUT2D eigenvalue weighted by molar-refractivity contribution is 0.0682. The van der Waals surface area contributed by atoms with Gasteiger partial charge in [-0.05, 0) is 6.07 Å². The standard InChI is InChI=1S/C8H5BrClF2NO2/c9-2-3-1-4(10)5(8(14)15)6(13-3)7(11)12/h1,7H,2H2,(H,14,15). The number of carboxylic acid groups (broad SMARTS) is 1. The van der Waals surface area contributed by atoms with Crippen LogP contribution in [0.4, 0.5) is 8.78 Å². The lowest BCUT2D eigenvalue weighted by Gasteiger charge is -2.07. The Morgan fingerprint density at radius 1 is 1.67 bits per heavy atom. The summed E-state index contributed by atoms with van der Waals surface area (Å²) in [5.74, 6) is -1.51. The van der Waals surface area contributed by atoms with Crippen molar-refractivity contribution in [1.82, 2.24) is 4.98 Å². The van der Waals surface area contributed by atoms with E-state index in [0.29, 0.717) is 0 Å². The molecule has 0 amide bonds. The topological polar surface area (TPSA) is 50.2 Å². The molecule has 0 aliphatic carbocycles. The van der Waals surface area contributed by atoms with E-state index in [-0.39, 0.29) is 16.0 Å². The molecule has 0 spiro atoms. The third-order valence-electron chi connectivity index (χ3n) is 1.61. The maximum absolute atomic E-state index is 12.5. The van der Waals surface area contributed by atoms with Crippen LogP contribution in [0.5, 0.6) is 0 Å². The number of pyridine rings is 1. The lowest BCUT2D eigenvalue weighted by atomic mass is 10.2. The normalized spacial score (nSPS) is 10.7. The summed E-state index contributed by atoms with van der Waals surface area (Å²) in [6, 6.07) is 1.24. The van der Waals surface area contributed by atoms with Crippen molar-refractivity contribution in [3.63, 3.8) is 0 Å². The van der Waals surface area contributed by atoms with Crippen molar-refractivity contribution in [3.8, 4) is 0 Å². The molecule has 1 aromatic rings. The quantitative estimate of drug-likeness (QED) is 0.872. The van der Waals surface area contributed by atoms with Crippen molar-refractivity contribution in [3.05, 3.63) is 28.0 Å². The van der Waals surface area contributed by atoms with Gasteiger partial charge in [0.2, 0.25) is 0 Å². The van der Waals surface area contributed by atoms with E-state index in [1.54, 1.807) is 0 Å². The van der Waals surface area contributed by atoms with Crippen LogP contribution in [0.3, 0.4) is 0 Å². The van der Waals surface area contributed by atoms with Crippen LogP contribution in [-0.4, -0.2) is 16.1 Å². The number of aromatic nitrogens is 1. The third-order valence-corrected chi connectivity index (χ3v) is 2.48. The first-order valence-corrected chi connectivity index (χ1v) is 5.24. The molecule has 0 radical (unpaired) electrons. The number of aromatic carboxylic acids is 1. The van der Waals surface area contributed by atoms with Gasteiger partial charge in [-0.2, -0.15) is 0 Å². The molecule has 0 aliphatic rings. The Hall–Kier alpha value is -0.750. The molecule has 1 rings (SSSR count). The highest BCUT2D eigenvalue weighted by atomic mass is 79.9.